The molecule has 0 aliphatic carbocycles. The predicted molar refractivity (Wildman–Crippen MR) is 112 cm³/mol. The van der Waals surface area contributed by atoms with Crippen LogP contribution < -0.4 is 0 Å². The van der Waals surface area contributed by atoms with E-state index in [4.69, 9.17) is 4.74 Å². The fourth-order valence-electron chi connectivity index (χ4n) is 3.34. The van der Waals surface area contributed by atoms with Gasteiger partial charge in [0.25, 0.3) is 5.91 Å². The Kier molecular flexibility index (Phi) is 8.68. The lowest BCUT2D eigenvalue weighted by molar-refractivity contribution is -0.151. The third kappa shape index (κ3) is 6.00. The second-order valence-corrected chi connectivity index (χ2v) is 8.66. The van der Waals surface area contributed by atoms with Crippen LogP contribution in [0.2, 0.25) is 0 Å². The molecule has 1 fully saturated rings. The van der Waals surface area contributed by atoms with Crippen molar-refractivity contribution in [3.05, 3.63) is 35.4 Å². The molecule has 27 heavy (non-hydrogen) atoms. The predicted octanol–water partition coefficient (Wildman–Crippen LogP) is 5.05. The molecule has 150 valence electrons. The number of carbonyl (C=O) groups is 2. The summed E-state index contributed by atoms with van der Waals surface area (Å²) in [5, 5.41) is 0.0384. The number of aryl methyl sites for hydroxylation is 1. The monoisotopic (exact) mass is 391 g/mol. The zero-order chi connectivity index (χ0) is 19.8. The fourth-order valence-corrected chi connectivity index (χ4v) is 4.85. The van der Waals surface area contributed by atoms with Crippen LogP contribution in [-0.2, 0) is 16.0 Å². The molecular weight excluding hydrogens is 358 g/mol. The Balaban J connectivity index is 2.14. The van der Waals surface area contributed by atoms with E-state index in [1.54, 1.807) is 16.7 Å². The van der Waals surface area contributed by atoms with Crippen molar-refractivity contribution in [3.63, 3.8) is 0 Å². The van der Waals surface area contributed by atoms with Crippen LogP contribution in [0.5, 0.6) is 0 Å². The summed E-state index contributed by atoms with van der Waals surface area (Å²) in [4.78, 5) is 27.5. The summed E-state index contributed by atoms with van der Waals surface area (Å²) >= 11 is 1.68. The molecular formula is C22H33NO3S. The highest BCUT2D eigenvalue weighted by Gasteiger charge is 2.42. The van der Waals surface area contributed by atoms with E-state index in [0.717, 1.165) is 19.3 Å². The molecule has 0 saturated carbocycles. The lowest BCUT2D eigenvalue weighted by Crippen LogP contribution is -2.46. The molecule has 2 rings (SSSR count). The highest BCUT2D eigenvalue weighted by atomic mass is 32.2. The molecule has 1 heterocycles. The molecule has 1 amide bonds. The number of ether oxygens (including phenoxy) is 1. The van der Waals surface area contributed by atoms with Gasteiger partial charge in [-0.25, -0.2) is 4.79 Å². The van der Waals surface area contributed by atoms with Crippen molar-refractivity contribution >= 4 is 23.6 Å². The van der Waals surface area contributed by atoms with Crippen molar-refractivity contribution in [1.82, 2.24) is 4.90 Å². The van der Waals surface area contributed by atoms with Gasteiger partial charge in [-0.2, -0.15) is 0 Å². The van der Waals surface area contributed by atoms with Gasteiger partial charge in [-0.3, -0.25) is 4.79 Å². The van der Waals surface area contributed by atoms with E-state index >= 15 is 0 Å². The molecule has 5 heteroatoms. The number of nitrogens with zero attached hydrogens (tertiary/aromatic N) is 1. The van der Waals surface area contributed by atoms with E-state index in [1.165, 1.54) is 24.8 Å². The zero-order valence-corrected chi connectivity index (χ0v) is 17.9. The summed E-state index contributed by atoms with van der Waals surface area (Å²) in [6, 6.07) is 7.40. The van der Waals surface area contributed by atoms with Crippen molar-refractivity contribution in [1.29, 1.82) is 0 Å². The van der Waals surface area contributed by atoms with E-state index in [1.807, 2.05) is 38.1 Å². The molecule has 1 aromatic rings. The Labute approximate surface area is 168 Å². The minimum Gasteiger partial charge on any atom is -0.461 e. The average Bonchev–Trinajstić information content (AvgIpc) is 3.05. The first kappa shape index (κ1) is 21.8. The maximum Gasteiger partial charge on any atom is 0.330 e. The number of esters is 1. The van der Waals surface area contributed by atoms with Gasteiger partial charge in [-0.05, 0) is 50.8 Å². The highest BCUT2D eigenvalue weighted by Crippen LogP contribution is 2.34. The first-order valence-corrected chi connectivity index (χ1v) is 11.3. The van der Waals surface area contributed by atoms with E-state index < -0.39 is 6.04 Å². The van der Waals surface area contributed by atoms with Crippen LogP contribution in [0.4, 0.5) is 0 Å². The molecule has 1 aliphatic rings. The van der Waals surface area contributed by atoms with Gasteiger partial charge >= 0.3 is 5.97 Å². The number of hydrogen-bond donors (Lipinski definition) is 0. The summed E-state index contributed by atoms with van der Waals surface area (Å²) in [6.45, 7) is 7.98. The van der Waals surface area contributed by atoms with E-state index in [2.05, 4.69) is 13.8 Å². The van der Waals surface area contributed by atoms with Crippen LogP contribution in [0.1, 0.15) is 75.7 Å². The zero-order valence-electron chi connectivity index (χ0n) is 17.1. The highest BCUT2D eigenvalue weighted by molar-refractivity contribution is 8.00. The maximum absolute atomic E-state index is 13.2. The van der Waals surface area contributed by atoms with Crippen molar-refractivity contribution in [2.24, 2.45) is 0 Å². The topological polar surface area (TPSA) is 46.6 Å². The average molecular weight is 392 g/mol. The minimum absolute atomic E-state index is 0.0384. The number of hydrogen-bond acceptors (Lipinski definition) is 4. The molecule has 0 aromatic heterocycles. The molecule has 2 atom stereocenters. The van der Waals surface area contributed by atoms with E-state index in [0.29, 0.717) is 11.3 Å². The van der Waals surface area contributed by atoms with Crippen LogP contribution in [0.15, 0.2) is 24.3 Å². The summed E-state index contributed by atoms with van der Waals surface area (Å²) < 4.78 is 5.40. The minimum atomic E-state index is -0.495. The quantitative estimate of drug-likeness (QED) is 0.436. The van der Waals surface area contributed by atoms with Crippen molar-refractivity contribution < 1.29 is 14.3 Å². The SMILES string of the molecule is CCCCCc1ccc(C(=O)N2[C@H](CCC)SC[C@@H]2C(=O)OC(C)C)cc1. The molecule has 0 N–H and O–H groups in total. The molecule has 0 radical (unpaired) electrons. The summed E-state index contributed by atoms with van der Waals surface area (Å²) in [6.07, 6.45) is 6.34. The smallest absolute Gasteiger partial charge is 0.330 e. The molecule has 0 spiro atoms. The second-order valence-electron chi connectivity index (χ2n) is 7.44. The van der Waals surface area contributed by atoms with Gasteiger partial charge in [0.2, 0.25) is 0 Å². The van der Waals surface area contributed by atoms with Gasteiger partial charge in [0.05, 0.1) is 11.5 Å². The van der Waals surface area contributed by atoms with E-state index in [9.17, 15) is 9.59 Å². The number of rotatable bonds is 9. The van der Waals surface area contributed by atoms with Crippen LogP contribution in [-0.4, -0.2) is 40.0 Å². The Morgan fingerprint density at radius 3 is 2.44 bits per heavy atom. The van der Waals surface area contributed by atoms with Gasteiger partial charge in [-0.1, -0.05) is 45.2 Å². The molecule has 0 unspecified atom stereocenters. The van der Waals surface area contributed by atoms with Crippen LogP contribution in [0.25, 0.3) is 0 Å². The Bertz CT molecular complexity index is 614. The largest absolute Gasteiger partial charge is 0.461 e. The van der Waals surface area contributed by atoms with Crippen LogP contribution >= 0.6 is 11.8 Å². The summed E-state index contributed by atoms with van der Waals surface area (Å²) in [5.41, 5.74) is 1.91. The lowest BCUT2D eigenvalue weighted by Gasteiger charge is -2.28. The standard InChI is InChI=1S/C22H33NO3S/c1-5-7-8-10-17-11-13-18(14-12-17)21(24)23-19(22(25)26-16(3)4)15-27-20(23)9-6-2/h11-14,16,19-20H,5-10,15H2,1-4H3/t19-,20+/m1/s1. The van der Waals surface area contributed by atoms with Gasteiger partial charge in [-0.15, -0.1) is 11.8 Å². The molecule has 1 saturated heterocycles. The Morgan fingerprint density at radius 1 is 1.15 bits per heavy atom. The number of benzene rings is 1. The van der Waals surface area contributed by atoms with Gasteiger partial charge < -0.3 is 9.64 Å². The summed E-state index contributed by atoms with van der Waals surface area (Å²) in [5.74, 6) is 0.252. The molecule has 4 nitrogen and oxygen atoms in total. The number of thioether (sulfide) groups is 1. The van der Waals surface area contributed by atoms with E-state index in [-0.39, 0.29) is 23.4 Å². The molecule has 0 bridgehead atoms. The van der Waals surface area contributed by atoms with Crippen LogP contribution in [0, 0.1) is 0 Å². The van der Waals surface area contributed by atoms with Gasteiger partial charge in [0, 0.05) is 11.3 Å². The first-order valence-electron chi connectivity index (χ1n) is 10.2. The third-order valence-corrected chi connectivity index (χ3v) is 6.11. The Hall–Kier alpha value is -1.49. The van der Waals surface area contributed by atoms with Crippen molar-refractivity contribution in [2.75, 3.05) is 5.75 Å². The lowest BCUT2D eigenvalue weighted by atomic mass is 10.0. The number of carbonyl (C=O) groups excluding carboxylic acids is 2. The third-order valence-electron chi connectivity index (χ3n) is 4.76. The van der Waals surface area contributed by atoms with Gasteiger partial charge in [0.1, 0.15) is 6.04 Å². The number of amides is 1. The second kappa shape index (κ2) is 10.7. The molecule has 1 aliphatic heterocycles. The van der Waals surface area contributed by atoms with Gasteiger partial charge in [0.15, 0.2) is 0 Å². The maximum atomic E-state index is 13.2. The molecule has 1 aromatic carbocycles. The van der Waals surface area contributed by atoms with Crippen molar-refractivity contribution in [3.8, 4) is 0 Å². The first-order chi connectivity index (χ1) is 13.0. The Morgan fingerprint density at radius 2 is 1.85 bits per heavy atom. The van der Waals surface area contributed by atoms with Crippen LogP contribution in [0.3, 0.4) is 0 Å². The fraction of sp³-hybridized carbons (Fsp3) is 0.636. The van der Waals surface area contributed by atoms with Crippen molar-refractivity contribution in [2.45, 2.75) is 83.7 Å². The normalized spacial score (nSPS) is 19.5. The summed E-state index contributed by atoms with van der Waals surface area (Å²) in [7, 11) is 0. The number of unbranched alkanes of at least 4 members (excludes halogenated alkanes) is 2.